The maximum Gasteiger partial charge on any atom is 0.157 e. The zero-order valence-corrected chi connectivity index (χ0v) is 11.1. The Bertz CT molecular complexity index is 403. The maximum atomic E-state index is 10.5. The Labute approximate surface area is 114 Å². The van der Waals surface area contributed by atoms with E-state index in [-0.39, 0.29) is 6.29 Å². The molecule has 0 spiro atoms. The van der Waals surface area contributed by atoms with E-state index in [4.69, 9.17) is 9.47 Å². The van der Waals surface area contributed by atoms with Crippen molar-refractivity contribution in [2.45, 2.75) is 32.0 Å². The number of aldehydes is 1. The zero-order chi connectivity index (χ0) is 13.3. The molecule has 0 aromatic heterocycles. The van der Waals surface area contributed by atoms with Crippen LogP contribution in [0.5, 0.6) is 0 Å². The van der Waals surface area contributed by atoms with Gasteiger partial charge in [0, 0.05) is 12.2 Å². The van der Waals surface area contributed by atoms with Gasteiger partial charge in [0.25, 0.3) is 0 Å². The first kappa shape index (κ1) is 14.0. The van der Waals surface area contributed by atoms with E-state index in [0.29, 0.717) is 12.2 Å². The molecule has 1 fully saturated rings. The summed E-state index contributed by atoms with van der Waals surface area (Å²) in [5.74, 6) is 0. The average molecular weight is 260 g/mol. The van der Waals surface area contributed by atoms with Crippen molar-refractivity contribution < 1.29 is 14.3 Å². The highest BCUT2D eigenvalue weighted by Crippen LogP contribution is 2.14. The number of carbonyl (C=O) groups is 1. The number of benzene rings is 1. The van der Waals surface area contributed by atoms with Gasteiger partial charge in [-0.15, -0.1) is 0 Å². The third-order valence-corrected chi connectivity index (χ3v) is 3.11. The molecule has 3 nitrogen and oxygen atoms in total. The first-order valence-corrected chi connectivity index (χ1v) is 6.83. The molecule has 1 aliphatic heterocycles. The van der Waals surface area contributed by atoms with Gasteiger partial charge in [0.1, 0.15) is 6.29 Å². The smallest absolute Gasteiger partial charge is 0.157 e. The summed E-state index contributed by atoms with van der Waals surface area (Å²) < 4.78 is 11.1. The summed E-state index contributed by atoms with van der Waals surface area (Å²) in [5.41, 5.74) is 1.80. The molecule has 19 heavy (non-hydrogen) atoms. The van der Waals surface area contributed by atoms with Gasteiger partial charge in [-0.3, -0.25) is 4.79 Å². The quantitative estimate of drug-likeness (QED) is 0.580. The number of hydrogen-bond acceptors (Lipinski definition) is 3. The van der Waals surface area contributed by atoms with Crippen molar-refractivity contribution in [2.75, 3.05) is 13.2 Å². The predicted molar refractivity (Wildman–Crippen MR) is 75.0 cm³/mol. The Hall–Kier alpha value is -1.45. The average Bonchev–Trinajstić information content (AvgIpc) is 2.49. The van der Waals surface area contributed by atoms with Gasteiger partial charge in [0.15, 0.2) is 6.29 Å². The van der Waals surface area contributed by atoms with E-state index in [2.05, 4.69) is 6.08 Å². The van der Waals surface area contributed by atoms with Crippen LogP contribution in [0.3, 0.4) is 0 Å². The van der Waals surface area contributed by atoms with Crippen molar-refractivity contribution in [1.82, 2.24) is 0 Å². The largest absolute Gasteiger partial charge is 0.353 e. The standard InChI is InChI=1S/C16H20O3/c17-13-15-9-7-14(8-10-15)5-1-3-11-18-16-6-2-4-12-19-16/h1,5,7-10,13,16H,2-4,6,11-12H2/b5-1-. The van der Waals surface area contributed by atoms with Crippen LogP contribution in [0, 0.1) is 0 Å². The van der Waals surface area contributed by atoms with E-state index in [1.807, 2.05) is 30.3 Å². The fourth-order valence-electron chi connectivity index (χ4n) is 2.02. The number of hydrogen-bond donors (Lipinski definition) is 0. The summed E-state index contributed by atoms with van der Waals surface area (Å²) in [5, 5.41) is 0. The molecule has 0 bridgehead atoms. The van der Waals surface area contributed by atoms with E-state index >= 15 is 0 Å². The lowest BCUT2D eigenvalue weighted by Crippen LogP contribution is -2.22. The molecule has 1 aromatic rings. The second kappa shape index (κ2) is 7.87. The molecule has 0 amide bonds. The van der Waals surface area contributed by atoms with Crippen molar-refractivity contribution >= 4 is 12.4 Å². The van der Waals surface area contributed by atoms with Crippen LogP contribution in [-0.2, 0) is 9.47 Å². The monoisotopic (exact) mass is 260 g/mol. The Morgan fingerprint density at radius 2 is 2.00 bits per heavy atom. The van der Waals surface area contributed by atoms with Crippen LogP contribution in [0.25, 0.3) is 6.08 Å². The van der Waals surface area contributed by atoms with Gasteiger partial charge in [-0.05, 0) is 31.2 Å². The third kappa shape index (κ3) is 4.97. The highest BCUT2D eigenvalue weighted by Gasteiger charge is 2.12. The molecule has 3 heteroatoms. The second-order valence-corrected chi connectivity index (χ2v) is 4.64. The van der Waals surface area contributed by atoms with Crippen LogP contribution in [0.4, 0.5) is 0 Å². The molecule has 2 rings (SSSR count). The topological polar surface area (TPSA) is 35.5 Å². The minimum Gasteiger partial charge on any atom is -0.353 e. The fourth-order valence-corrected chi connectivity index (χ4v) is 2.02. The minimum absolute atomic E-state index is 0.00553. The molecule has 0 saturated carbocycles. The molecule has 0 aliphatic carbocycles. The summed E-state index contributed by atoms with van der Waals surface area (Å²) in [6.45, 7) is 1.51. The molecular weight excluding hydrogens is 240 g/mol. The van der Waals surface area contributed by atoms with E-state index in [0.717, 1.165) is 37.7 Å². The van der Waals surface area contributed by atoms with E-state index in [9.17, 15) is 4.79 Å². The normalized spacial score (nSPS) is 19.7. The summed E-state index contributed by atoms with van der Waals surface area (Å²) in [7, 11) is 0. The molecule has 1 aromatic carbocycles. The molecular formula is C16H20O3. The number of rotatable bonds is 6. The van der Waals surface area contributed by atoms with Crippen molar-refractivity contribution in [1.29, 1.82) is 0 Å². The van der Waals surface area contributed by atoms with Crippen LogP contribution in [0.1, 0.15) is 41.6 Å². The molecule has 1 aliphatic rings. The van der Waals surface area contributed by atoms with Crippen LogP contribution >= 0.6 is 0 Å². The molecule has 0 N–H and O–H groups in total. The van der Waals surface area contributed by atoms with Gasteiger partial charge in [-0.1, -0.05) is 36.4 Å². The number of ether oxygens (including phenoxy) is 2. The molecule has 1 unspecified atom stereocenters. The lowest BCUT2D eigenvalue weighted by Gasteiger charge is -2.22. The first-order chi connectivity index (χ1) is 9.38. The van der Waals surface area contributed by atoms with Crippen molar-refractivity contribution in [3.05, 3.63) is 41.5 Å². The summed E-state index contributed by atoms with van der Waals surface area (Å²) in [6.07, 6.45) is 9.20. The summed E-state index contributed by atoms with van der Waals surface area (Å²) in [4.78, 5) is 10.5. The lowest BCUT2D eigenvalue weighted by atomic mass is 10.1. The Kier molecular flexibility index (Phi) is 5.79. The predicted octanol–water partition coefficient (Wildman–Crippen LogP) is 3.45. The van der Waals surface area contributed by atoms with Crippen LogP contribution in [-0.4, -0.2) is 25.8 Å². The van der Waals surface area contributed by atoms with Crippen LogP contribution in [0.2, 0.25) is 0 Å². The SMILES string of the molecule is O=Cc1ccc(/C=C\CCOC2CCCCO2)cc1. The van der Waals surface area contributed by atoms with Gasteiger partial charge >= 0.3 is 0 Å². The van der Waals surface area contributed by atoms with Crippen LogP contribution < -0.4 is 0 Å². The van der Waals surface area contributed by atoms with E-state index in [1.54, 1.807) is 0 Å². The van der Waals surface area contributed by atoms with Crippen molar-refractivity contribution in [2.24, 2.45) is 0 Å². The van der Waals surface area contributed by atoms with Crippen molar-refractivity contribution in [3.8, 4) is 0 Å². The number of carbonyl (C=O) groups excluding carboxylic acids is 1. The zero-order valence-electron chi connectivity index (χ0n) is 11.1. The van der Waals surface area contributed by atoms with Gasteiger partial charge in [-0.25, -0.2) is 0 Å². The Morgan fingerprint density at radius 1 is 1.21 bits per heavy atom. The van der Waals surface area contributed by atoms with Gasteiger partial charge in [0.05, 0.1) is 6.61 Å². The molecule has 1 saturated heterocycles. The highest BCUT2D eigenvalue weighted by atomic mass is 16.7. The maximum absolute atomic E-state index is 10.5. The molecule has 102 valence electrons. The van der Waals surface area contributed by atoms with Crippen LogP contribution in [0.15, 0.2) is 30.3 Å². The summed E-state index contributed by atoms with van der Waals surface area (Å²) in [6, 6.07) is 7.51. The fraction of sp³-hybridized carbons (Fsp3) is 0.438. The molecule has 0 radical (unpaired) electrons. The Balaban J connectivity index is 1.66. The first-order valence-electron chi connectivity index (χ1n) is 6.83. The molecule has 1 atom stereocenters. The van der Waals surface area contributed by atoms with E-state index < -0.39 is 0 Å². The highest BCUT2D eigenvalue weighted by molar-refractivity contribution is 5.75. The van der Waals surface area contributed by atoms with Gasteiger partial charge in [-0.2, -0.15) is 0 Å². The Morgan fingerprint density at radius 3 is 2.68 bits per heavy atom. The second-order valence-electron chi connectivity index (χ2n) is 4.64. The molecule has 1 heterocycles. The van der Waals surface area contributed by atoms with Gasteiger partial charge < -0.3 is 9.47 Å². The minimum atomic E-state index is -0.00553. The third-order valence-electron chi connectivity index (χ3n) is 3.11. The van der Waals surface area contributed by atoms with Crippen molar-refractivity contribution in [3.63, 3.8) is 0 Å². The van der Waals surface area contributed by atoms with Gasteiger partial charge in [0.2, 0.25) is 0 Å². The van der Waals surface area contributed by atoms with E-state index in [1.165, 1.54) is 6.42 Å². The lowest BCUT2D eigenvalue weighted by molar-refractivity contribution is -0.161. The summed E-state index contributed by atoms with van der Waals surface area (Å²) >= 11 is 0.